The second-order valence-corrected chi connectivity index (χ2v) is 4.30. The highest BCUT2D eigenvalue weighted by Crippen LogP contribution is 2.05. The minimum absolute atomic E-state index is 0.105. The van der Waals surface area contributed by atoms with Gasteiger partial charge >= 0.3 is 0 Å². The molecule has 59 valence electrons. The Hall–Kier alpha value is -0.900. The molecule has 0 amide bonds. The van der Waals surface area contributed by atoms with Crippen molar-refractivity contribution in [2.75, 3.05) is 6.26 Å². The predicted molar refractivity (Wildman–Crippen MR) is 40.9 cm³/mol. The van der Waals surface area contributed by atoms with Crippen molar-refractivity contribution < 1.29 is 8.42 Å². The van der Waals surface area contributed by atoms with E-state index >= 15 is 0 Å². The molecule has 0 saturated heterocycles. The minimum atomic E-state index is -3.16. The lowest BCUT2D eigenvalue weighted by Crippen LogP contribution is -1.99. The van der Waals surface area contributed by atoms with Gasteiger partial charge in [0.2, 0.25) is 0 Å². The van der Waals surface area contributed by atoms with E-state index in [-0.39, 0.29) is 5.03 Å². The van der Waals surface area contributed by atoms with Crippen LogP contribution in [0.2, 0.25) is 0 Å². The lowest BCUT2D eigenvalue weighted by Gasteiger charge is -1.96. The molecule has 0 atom stereocenters. The van der Waals surface area contributed by atoms with Gasteiger partial charge in [-0.05, 0) is 18.6 Å². The second kappa shape index (κ2) is 2.62. The van der Waals surface area contributed by atoms with E-state index in [0.29, 0.717) is 0 Å². The molecular formula is C7H8NO2S. The summed E-state index contributed by atoms with van der Waals surface area (Å²) in [5.41, 5.74) is 0.778. The molecule has 0 bridgehead atoms. The fourth-order valence-electron chi connectivity index (χ4n) is 0.665. The number of aromatic nitrogens is 1. The summed E-state index contributed by atoms with van der Waals surface area (Å²) in [6.07, 6.45) is 2.50. The van der Waals surface area contributed by atoms with E-state index in [1.807, 2.05) is 0 Å². The van der Waals surface area contributed by atoms with Gasteiger partial charge in [0.1, 0.15) is 0 Å². The van der Waals surface area contributed by atoms with Gasteiger partial charge in [0, 0.05) is 18.5 Å². The molecule has 1 radical (unpaired) electrons. The molecule has 1 rings (SSSR count). The predicted octanol–water partition coefficient (Wildman–Crippen LogP) is 0.594. The third kappa shape index (κ3) is 2.01. The summed E-state index contributed by atoms with van der Waals surface area (Å²) in [7, 11) is -3.16. The van der Waals surface area contributed by atoms with Crippen LogP contribution in [-0.2, 0) is 9.84 Å². The van der Waals surface area contributed by atoms with E-state index < -0.39 is 9.84 Å². The number of nitrogens with zero attached hydrogens (tertiary/aromatic N) is 1. The van der Waals surface area contributed by atoms with E-state index in [4.69, 9.17) is 0 Å². The molecule has 0 fully saturated rings. The number of pyridine rings is 1. The molecule has 0 spiro atoms. The molecule has 0 aliphatic heterocycles. The van der Waals surface area contributed by atoms with Crippen LogP contribution in [0.1, 0.15) is 5.56 Å². The number of sulfone groups is 1. The SMILES string of the molecule is Cc1[c]cnc(S(C)(=O)=O)c1. The standard InChI is InChI=1S/C7H8NO2S/c1-6-3-4-8-7(5-6)11(2,9)10/h4-5H,1-2H3. The Balaban J connectivity index is 3.28. The van der Waals surface area contributed by atoms with E-state index in [2.05, 4.69) is 11.1 Å². The van der Waals surface area contributed by atoms with Crippen LogP contribution in [-0.4, -0.2) is 19.7 Å². The Morgan fingerprint density at radius 1 is 1.55 bits per heavy atom. The number of hydrogen-bond acceptors (Lipinski definition) is 3. The molecule has 0 aromatic carbocycles. The Bertz CT molecular complexity index is 356. The summed E-state index contributed by atoms with van der Waals surface area (Å²) in [5, 5.41) is 0.105. The molecule has 0 N–H and O–H groups in total. The van der Waals surface area contributed by atoms with Gasteiger partial charge in [-0.25, -0.2) is 13.4 Å². The zero-order valence-electron chi connectivity index (χ0n) is 6.33. The normalized spacial score (nSPS) is 11.5. The molecule has 0 aliphatic carbocycles. The van der Waals surface area contributed by atoms with Gasteiger partial charge in [0.05, 0.1) is 0 Å². The molecular weight excluding hydrogens is 162 g/mol. The van der Waals surface area contributed by atoms with Crippen LogP contribution < -0.4 is 0 Å². The fourth-order valence-corrected chi connectivity index (χ4v) is 1.30. The van der Waals surface area contributed by atoms with Gasteiger partial charge in [-0.15, -0.1) is 0 Å². The number of rotatable bonds is 1. The first kappa shape index (κ1) is 8.20. The van der Waals surface area contributed by atoms with E-state index in [9.17, 15) is 8.42 Å². The monoisotopic (exact) mass is 170 g/mol. The van der Waals surface area contributed by atoms with Crippen molar-refractivity contribution in [2.24, 2.45) is 0 Å². The Labute approximate surface area is 66.0 Å². The third-order valence-electron chi connectivity index (χ3n) is 1.20. The lowest BCUT2D eigenvalue weighted by atomic mass is 10.3. The van der Waals surface area contributed by atoms with Crippen LogP contribution in [0.25, 0.3) is 0 Å². The van der Waals surface area contributed by atoms with E-state index in [1.54, 1.807) is 6.92 Å². The quantitative estimate of drug-likeness (QED) is 0.619. The molecule has 1 heterocycles. The Kier molecular flexibility index (Phi) is 1.95. The summed E-state index contributed by atoms with van der Waals surface area (Å²) in [5.74, 6) is 0. The van der Waals surface area contributed by atoms with E-state index in [1.165, 1.54) is 12.3 Å². The van der Waals surface area contributed by atoms with Crippen LogP contribution in [0.4, 0.5) is 0 Å². The van der Waals surface area contributed by atoms with Gasteiger partial charge in [-0.2, -0.15) is 0 Å². The van der Waals surface area contributed by atoms with Crippen LogP contribution in [0.15, 0.2) is 17.3 Å². The van der Waals surface area contributed by atoms with Gasteiger partial charge in [0.25, 0.3) is 0 Å². The van der Waals surface area contributed by atoms with Crippen molar-refractivity contribution in [2.45, 2.75) is 11.9 Å². The maximum absolute atomic E-state index is 10.9. The molecule has 0 aliphatic rings. The highest BCUT2D eigenvalue weighted by Gasteiger charge is 2.07. The van der Waals surface area contributed by atoms with Crippen molar-refractivity contribution >= 4 is 9.84 Å². The molecule has 0 saturated carbocycles. The Morgan fingerprint density at radius 3 is 2.55 bits per heavy atom. The zero-order valence-corrected chi connectivity index (χ0v) is 7.14. The summed E-state index contributed by atoms with van der Waals surface area (Å²) < 4.78 is 21.8. The maximum Gasteiger partial charge on any atom is 0.192 e. The smallest absolute Gasteiger partial charge is 0.192 e. The summed E-state index contributed by atoms with van der Waals surface area (Å²) in [6, 6.07) is 4.26. The van der Waals surface area contributed by atoms with Crippen molar-refractivity contribution in [3.63, 3.8) is 0 Å². The third-order valence-corrected chi connectivity index (χ3v) is 2.19. The van der Waals surface area contributed by atoms with Crippen LogP contribution in [0.3, 0.4) is 0 Å². The first-order valence-corrected chi connectivity index (χ1v) is 4.93. The topological polar surface area (TPSA) is 47.0 Å². The summed E-state index contributed by atoms with van der Waals surface area (Å²) in [4.78, 5) is 3.67. The Morgan fingerprint density at radius 2 is 2.18 bits per heavy atom. The van der Waals surface area contributed by atoms with Crippen LogP contribution >= 0.6 is 0 Å². The molecule has 4 heteroatoms. The minimum Gasteiger partial charge on any atom is -0.244 e. The largest absolute Gasteiger partial charge is 0.244 e. The van der Waals surface area contributed by atoms with Gasteiger partial charge < -0.3 is 0 Å². The number of aryl methyl sites for hydroxylation is 1. The highest BCUT2D eigenvalue weighted by atomic mass is 32.2. The second-order valence-electron chi connectivity index (χ2n) is 2.34. The van der Waals surface area contributed by atoms with Crippen molar-refractivity contribution in [3.05, 3.63) is 23.9 Å². The van der Waals surface area contributed by atoms with Crippen molar-refractivity contribution in [1.82, 2.24) is 4.98 Å². The number of hydrogen-bond donors (Lipinski definition) is 0. The van der Waals surface area contributed by atoms with Crippen molar-refractivity contribution in [1.29, 1.82) is 0 Å². The lowest BCUT2D eigenvalue weighted by molar-refractivity contribution is 0.598. The van der Waals surface area contributed by atoms with Crippen molar-refractivity contribution in [3.8, 4) is 0 Å². The maximum atomic E-state index is 10.9. The van der Waals surface area contributed by atoms with Gasteiger partial charge in [-0.3, -0.25) is 0 Å². The molecule has 1 aromatic rings. The van der Waals surface area contributed by atoms with Gasteiger partial charge in [-0.1, -0.05) is 0 Å². The van der Waals surface area contributed by atoms with Gasteiger partial charge in [0.15, 0.2) is 14.9 Å². The summed E-state index contributed by atoms with van der Waals surface area (Å²) in [6.45, 7) is 1.77. The highest BCUT2D eigenvalue weighted by molar-refractivity contribution is 7.90. The zero-order chi connectivity index (χ0) is 8.48. The summed E-state index contributed by atoms with van der Waals surface area (Å²) >= 11 is 0. The first-order valence-electron chi connectivity index (χ1n) is 3.04. The fraction of sp³-hybridized carbons (Fsp3) is 0.286. The average Bonchev–Trinajstić information content (AvgIpc) is 1.86. The van der Waals surface area contributed by atoms with E-state index in [0.717, 1.165) is 11.8 Å². The van der Waals surface area contributed by atoms with Crippen LogP contribution in [0.5, 0.6) is 0 Å². The average molecular weight is 170 g/mol. The first-order chi connectivity index (χ1) is 5.00. The molecule has 0 unspecified atom stereocenters. The molecule has 11 heavy (non-hydrogen) atoms. The molecule has 1 aromatic heterocycles. The molecule has 3 nitrogen and oxygen atoms in total. The van der Waals surface area contributed by atoms with Crippen LogP contribution in [0, 0.1) is 13.0 Å².